The number of thiophene rings is 1. The molecule has 0 saturated carbocycles. The SMILES string of the molecule is CCn1c(SCC(=O)Nc2sc(C(N)=O)c(C)c2C(=O)OC)nnc1C(C)Oc1ccccc1. The maximum Gasteiger partial charge on any atom is 0.341 e. The highest BCUT2D eigenvalue weighted by Crippen LogP contribution is 2.34. The standard InChI is InChI=1S/C22H25N5O5S2/c1-5-27-19(13(3)32-14-9-7-6-8-10-14)25-26-22(27)33-11-15(28)24-20-16(21(30)31-4)12(2)17(34-20)18(23)29/h6-10,13H,5,11H2,1-4H3,(H2,23,29)(H,24,28). The molecule has 1 aromatic carbocycles. The van der Waals surface area contributed by atoms with Crippen molar-refractivity contribution in [2.45, 2.75) is 38.6 Å². The number of nitrogens with two attached hydrogens (primary N) is 1. The summed E-state index contributed by atoms with van der Waals surface area (Å²) in [5.41, 5.74) is 5.87. The topological polar surface area (TPSA) is 138 Å². The van der Waals surface area contributed by atoms with Crippen LogP contribution in [-0.4, -0.2) is 45.4 Å². The molecule has 2 amide bonds. The fraction of sp³-hybridized carbons (Fsp3) is 0.318. The van der Waals surface area contributed by atoms with Gasteiger partial charge < -0.3 is 25.1 Å². The summed E-state index contributed by atoms with van der Waals surface area (Å²) < 4.78 is 12.6. The number of amides is 2. The molecule has 3 rings (SSSR count). The number of para-hydroxylation sites is 1. The number of carbonyl (C=O) groups excluding carboxylic acids is 3. The summed E-state index contributed by atoms with van der Waals surface area (Å²) in [6.07, 6.45) is -0.345. The maximum atomic E-state index is 12.6. The number of ether oxygens (including phenoxy) is 2. The first kappa shape index (κ1) is 25.2. The zero-order valence-corrected chi connectivity index (χ0v) is 20.8. The lowest BCUT2D eigenvalue weighted by Crippen LogP contribution is -2.17. The Kier molecular flexibility index (Phi) is 8.29. The molecule has 2 aromatic heterocycles. The second-order valence-corrected chi connectivity index (χ2v) is 9.07. The zero-order chi connectivity index (χ0) is 24.8. The van der Waals surface area contributed by atoms with Crippen molar-refractivity contribution in [3.63, 3.8) is 0 Å². The molecule has 3 aromatic rings. The van der Waals surface area contributed by atoms with Gasteiger partial charge in [-0.1, -0.05) is 30.0 Å². The number of rotatable bonds is 10. The van der Waals surface area contributed by atoms with E-state index in [1.165, 1.54) is 18.9 Å². The molecule has 0 aliphatic heterocycles. The predicted molar refractivity (Wildman–Crippen MR) is 129 cm³/mol. The first-order chi connectivity index (χ1) is 16.3. The van der Waals surface area contributed by atoms with Gasteiger partial charge in [-0.05, 0) is 38.5 Å². The normalized spacial score (nSPS) is 11.6. The number of anilines is 1. The van der Waals surface area contributed by atoms with E-state index >= 15 is 0 Å². The Morgan fingerprint density at radius 2 is 1.94 bits per heavy atom. The maximum absolute atomic E-state index is 12.6. The molecular weight excluding hydrogens is 478 g/mol. The van der Waals surface area contributed by atoms with Gasteiger partial charge in [-0.25, -0.2) is 4.79 Å². The third-order valence-electron chi connectivity index (χ3n) is 4.83. The Morgan fingerprint density at radius 3 is 2.56 bits per heavy atom. The summed E-state index contributed by atoms with van der Waals surface area (Å²) in [5, 5.41) is 11.9. The van der Waals surface area contributed by atoms with Gasteiger partial charge in [0, 0.05) is 6.54 Å². The molecule has 180 valence electrons. The van der Waals surface area contributed by atoms with Gasteiger partial charge >= 0.3 is 5.97 Å². The lowest BCUT2D eigenvalue weighted by atomic mass is 10.1. The third-order valence-corrected chi connectivity index (χ3v) is 7.02. The van der Waals surface area contributed by atoms with Crippen molar-refractivity contribution < 1.29 is 23.9 Å². The molecule has 34 heavy (non-hydrogen) atoms. The lowest BCUT2D eigenvalue weighted by molar-refractivity contribution is -0.113. The average molecular weight is 504 g/mol. The summed E-state index contributed by atoms with van der Waals surface area (Å²) >= 11 is 2.14. The zero-order valence-electron chi connectivity index (χ0n) is 19.2. The van der Waals surface area contributed by atoms with Crippen LogP contribution >= 0.6 is 23.1 Å². The van der Waals surface area contributed by atoms with Crippen molar-refractivity contribution in [2.24, 2.45) is 5.73 Å². The summed E-state index contributed by atoms with van der Waals surface area (Å²) in [4.78, 5) is 36.7. The monoisotopic (exact) mass is 503 g/mol. The van der Waals surface area contributed by atoms with Gasteiger partial charge in [-0.15, -0.1) is 21.5 Å². The van der Waals surface area contributed by atoms with Gasteiger partial charge in [0.1, 0.15) is 10.8 Å². The van der Waals surface area contributed by atoms with Crippen LogP contribution in [0.1, 0.15) is 51.4 Å². The van der Waals surface area contributed by atoms with Crippen LogP contribution < -0.4 is 15.8 Å². The molecule has 1 unspecified atom stereocenters. The highest BCUT2D eigenvalue weighted by molar-refractivity contribution is 7.99. The predicted octanol–water partition coefficient (Wildman–Crippen LogP) is 3.42. The number of aromatic nitrogens is 3. The number of nitrogens with zero attached hydrogens (tertiary/aromatic N) is 3. The van der Waals surface area contributed by atoms with Crippen LogP contribution in [-0.2, 0) is 16.1 Å². The van der Waals surface area contributed by atoms with Crippen molar-refractivity contribution >= 4 is 45.9 Å². The van der Waals surface area contributed by atoms with Gasteiger partial charge in [0.05, 0.1) is 23.3 Å². The number of hydrogen-bond acceptors (Lipinski definition) is 9. The third kappa shape index (κ3) is 5.57. The summed E-state index contributed by atoms with van der Waals surface area (Å²) in [6.45, 7) is 6.01. The molecule has 0 aliphatic carbocycles. The van der Waals surface area contributed by atoms with Gasteiger partial charge in [-0.3, -0.25) is 9.59 Å². The fourth-order valence-electron chi connectivity index (χ4n) is 3.24. The van der Waals surface area contributed by atoms with E-state index in [1.54, 1.807) is 6.92 Å². The van der Waals surface area contributed by atoms with Crippen molar-refractivity contribution in [1.29, 1.82) is 0 Å². The molecule has 0 bridgehead atoms. The molecule has 10 nitrogen and oxygen atoms in total. The largest absolute Gasteiger partial charge is 0.483 e. The second kappa shape index (κ2) is 11.2. The van der Waals surface area contributed by atoms with E-state index in [-0.39, 0.29) is 33.2 Å². The number of esters is 1. The average Bonchev–Trinajstić information content (AvgIpc) is 3.38. The van der Waals surface area contributed by atoms with E-state index < -0.39 is 11.9 Å². The fourth-order valence-corrected chi connectivity index (χ4v) is 5.11. The minimum absolute atomic E-state index is 0.00945. The van der Waals surface area contributed by atoms with Crippen LogP contribution in [0.25, 0.3) is 0 Å². The van der Waals surface area contributed by atoms with Crippen LogP contribution in [0.15, 0.2) is 35.5 Å². The number of carbonyl (C=O) groups is 3. The first-order valence-corrected chi connectivity index (χ1v) is 12.2. The summed E-state index contributed by atoms with van der Waals surface area (Å²) in [5.74, 6) is -0.354. The molecule has 0 aliphatic rings. The van der Waals surface area contributed by atoms with Crippen LogP contribution in [0.4, 0.5) is 5.00 Å². The Balaban J connectivity index is 1.70. The lowest BCUT2D eigenvalue weighted by Gasteiger charge is -2.15. The van der Waals surface area contributed by atoms with Crippen LogP contribution in [0.3, 0.4) is 0 Å². The number of hydrogen-bond donors (Lipinski definition) is 2. The van der Waals surface area contributed by atoms with Crippen LogP contribution in [0.5, 0.6) is 5.75 Å². The van der Waals surface area contributed by atoms with E-state index in [2.05, 4.69) is 15.5 Å². The number of benzene rings is 1. The van der Waals surface area contributed by atoms with E-state index in [4.69, 9.17) is 15.2 Å². The number of methoxy groups -OCH3 is 1. The number of thioether (sulfide) groups is 1. The quantitative estimate of drug-likeness (QED) is 0.317. The minimum Gasteiger partial charge on any atom is -0.483 e. The molecule has 2 heterocycles. The molecule has 0 spiro atoms. The number of nitrogens with one attached hydrogen (secondary N) is 1. The van der Waals surface area contributed by atoms with Gasteiger partial charge in [0.25, 0.3) is 5.91 Å². The smallest absolute Gasteiger partial charge is 0.341 e. The van der Waals surface area contributed by atoms with Crippen molar-refractivity contribution in [1.82, 2.24) is 14.8 Å². The first-order valence-electron chi connectivity index (χ1n) is 10.4. The highest BCUT2D eigenvalue weighted by atomic mass is 32.2. The molecule has 1 atom stereocenters. The summed E-state index contributed by atoms with van der Waals surface area (Å²) in [7, 11) is 1.22. The van der Waals surface area contributed by atoms with Crippen LogP contribution in [0.2, 0.25) is 0 Å². The molecule has 0 radical (unpaired) electrons. The van der Waals surface area contributed by atoms with Crippen molar-refractivity contribution in [2.75, 3.05) is 18.2 Å². The molecule has 0 fully saturated rings. The molecular formula is C22H25N5O5S2. The van der Waals surface area contributed by atoms with E-state index in [0.717, 1.165) is 17.1 Å². The Hall–Kier alpha value is -3.38. The van der Waals surface area contributed by atoms with E-state index in [0.29, 0.717) is 23.1 Å². The Labute approximate surface area is 204 Å². The van der Waals surface area contributed by atoms with Gasteiger partial charge in [0.15, 0.2) is 17.1 Å². The molecule has 3 N–H and O–H groups in total. The molecule has 12 heteroatoms. The Morgan fingerprint density at radius 1 is 1.24 bits per heavy atom. The van der Waals surface area contributed by atoms with Crippen molar-refractivity contribution in [3.05, 3.63) is 52.2 Å². The van der Waals surface area contributed by atoms with Gasteiger partial charge in [0.2, 0.25) is 5.91 Å². The highest BCUT2D eigenvalue weighted by Gasteiger charge is 2.26. The van der Waals surface area contributed by atoms with E-state index in [1.807, 2.05) is 48.7 Å². The van der Waals surface area contributed by atoms with Gasteiger partial charge in [-0.2, -0.15) is 0 Å². The number of primary amides is 1. The molecule has 0 saturated heterocycles. The van der Waals surface area contributed by atoms with Crippen molar-refractivity contribution in [3.8, 4) is 5.75 Å². The minimum atomic E-state index is -0.682. The summed E-state index contributed by atoms with van der Waals surface area (Å²) in [6, 6.07) is 9.41. The van der Waals surface area contributed by atoms with Crippen LogP contribution in [0, 0.1) is 6.92 Å². The second-order valence-electron chi connectivity index (χ2n) is 7.11. The Bertz CT molecular complexity index is 1190. The van der Waals surface area contributed by atoms with E-state index in [9.17, 15) is 14.4 Å².